The number of amides is 3. The maximum Gasteiger partial charge on any atom is 0.313 e. The van der Waals surface area contributed by atoms with E-state index in [0.717, 1.165) is 10.8 Å². The average Bonchev–Trinajstić information content (AvgIpc) is 3.56. The first-order valence-electron chi connectivity index (χ1n) is 18.5. The number of cyclic esters (lactones) is 1. The molecule has 4 aliphatic heterocycles. The number of esters is 1. The van der Waals surface area contributed by atoms with Crippen LogP contribution in [0.25, 0.3) is 10.8 Å². The lowest BCUT2D eigenvalue weighted by atomic mass is 9.77. The van der Waals surface area contributed by atoms with Gasteiger partial charge < -0.3 is 34.4 Å². The van der Waals surface area contributed by atoms with E-state index in [1.807, 2.05) is 92.7 Å². The van der Waals surface area contributed by atoms with Crippen molar-refractivity contribution in [2.45, 2.75) is 69.0 Å². The Morgan fingerprint density at radius 2 is 1.74 bits per heavy atom. The Morgan fingerprint density at radius 3 is 2.47 bits per heavy atom. The van der Waals surface area contributed by atoms with Gasteiger partial charge in [-0.1, -0.05) is 105 Å². The molecule has 4 aliphatic rings. The van der Waals surface area contributed by atoms with Crippen LogP contribution in [0.5, 0.6) is 0 Å². The van der Waals surface area contributed by atoms with E-state index in [9.17, 15) is 14.7 Å². The van der Waals surface area contributed by atoms with Gasteiger partial charge in [-0.3, -0.25) is 19.2 Å². The number of ether oxygens (including phenoxy) is 3. The highest BCUT2D eigenvalue weighted by Crippen LogP contribution is 2.54. The fraction of sp³-hybridized carbons (Fsp3) is 0.429. The third-order valence-electron chi connectivity index (χ3n) is 11.4. The Kier molecular flexibility index (Phi) is 10.5. The van der Waals surface area contributed by atoms with E-state index in [1.165, 1.54) is 12.0 Å². The van der Waals surface area contributed by atoms with E-state index in [0.29, 0.717) is 24.1 Å². The van der Waals surface area contributed by atoms with Gasteiger partial charge in [-0.25, -0.2) is 0 Å². The van der Waals surface area contributed by atoms with Crippen LogP contribution in [0.3, 0.4) is 0 Å². The zero-order valence-electron chi connectivity index (χ0n) is 30.3. The normalized spacial score (nSPS) is 30.6. The summed E-state index contributed by atoms with van der Waals surface area (Å²) in [6.07, 6.45) is 6.38. The van der Waals surface area contributed by atoms with Gasteiger partial charge in [0.05, 0.1) is 37.3 Å². The van der Waals surface area contributed by atoms with Crippen LogP contribution >= 0.6 is 0 Å². The van der Waals surface area contributed by atoms with Crippen LogP contribution in [0, 0.1) is 17.8 Å². The zero-order chi connectivity index (χ0) is 37.3. The highest BCUT2D eigenvalue weighted by Gasteiger charge is 2.73. The number of nitrogens with one attached hydrogen (secondary N) is 1. The van der Waals surface area contributed by atoms with Gasteiger partial charge in [0.25, 0.3) is 5.91 Å². The fourth-order valence-corrected chi connectivity index (χ4v) is 8.58. The van der Waals surface area contributed by atoms with Crippen molar-refractivity contribution in [2.24, 2.45) is 17.8 Å². The van der Waals surface area contributed by atoms with Gasteiger partial charge >= 0.3 is 5.97 Å². The van der Waals surface area contributed by atoms with Crippen molar-refractivity contribution in [1.29, 1.82) is 0 Å². The SMILES string of the molecule is CC[C@H](C)[C@H](CO)N1C(=O)[C@@H]2[C@H]3C(=O)O[C@H](c4ccccc4)[C@@H](COC)NC(=O)CC/C=C\[C@H]3O[C@@]23C=CCN(c2ccc4ccccc4c2)C(=O)[C@@H]13. The molecule has 9 atom stereocenters. The third kappa shape index (κ3) is 6.55. The first kappa shape index (κ1) is 36.5. The largest absolute Gasteiger partial charge is 0.455 e. The average molecular weight is 722 g/mol. The first-order valence-corrected chi connectivity index (χ1v) is 18.5. The minimum atomic E-state index is -1.55. The van der Waals surface area contributed by atoms with Crippen LogP contribution in [0.1, 0.15) is 44.8 Å². The number of carbonyl (C=O) groups excluding carboxylic acids is 4. The Bertz CT molecular complexity index is 1910. The number of allylic oxidation sites excluding steroid dienone is 1. The van der Waals surface area contributed by atoms with Crippen molar-refractivity contribution in [2.75, 3.05) is 31.8 Å². The summed E-state index contributed by atoms with van der Waals surface area (Å²) in [6, 6.07) is 20.2. The standard InChI is InChI=1S/C42H47N3O8/c1-4-26(2)32(24-46)45-38-40(49)44(30-20-19-27-13-8-9-16-29(27)23-30)22-12-21-42(38)36(39(45)48)35-33(53-42)17-10-11-18-34(47)43-31(25-51-3)37(52-41(35)50)28-14-6-5-7-15-28/h5-10,12-17,19-21,23,26,31-33,35-38,46H,4,11,18,22,24-25H2,1-3H3,(H,43,47)/b17-10-/t26-,31+,32-,33+,35-,36-,37+,38+,42-/m0/s1. The molecule has 3 amide bonds. The highest BCUT2D eigenvalue weighted by atomic mass is 16.6. The Labute approximate surface area is 309 Å². The van der Waals surface area contributed by atoms with Gasteiger partial charge in [0.1, 0.15) is 23.7 Å². The lowest BCUT2D eigenvalue weighted by Gasteiger charge is -2.40. The smallest absolute Gasteiger partial charge is 0.313 e. The van der Waals surface area contributed by atoms with Gasteiger partial charge in [0.2, 0.25) is 11.8 Å². The van der Waals surface area contributed by atoms with E-state index in [2.05, 4.69) is 5.32 Å². The van der Waals surface area contributed by atoms with Crippen molar-refractivity contribution in [3.05, 3.63) is 103 Å². The highest BCUT2D eigenvalue weighted by molar-refractivity contribution is 6.06. The quantitative estimate of drug-likeness (QED) is 0.257. The molecule has 2 N–H and O–H groups in total. The summed E-state index contributed by atoms with van der Waals surface area (Å²) in [5.74, 6) is -4.19. The van der Waals surface area contributed by atoms with Crippen molar-refractivity contribution in [1.82, 2.24) is 10.2 Å². The number of hydrogen-bond acceptors (Lipinski definition) is 8. The van der Waals surface area contributed by atoms with Crippen molar-refractivity contribution in [3.63, 3.8) is 0 Å². The molecular weight excluding hydrogens is 674 g/mol. The maximum absolute atomic E-state index is 15.1. The number of anilines is 1. The number of rotatable bonds is 8. The number of nitrogens with zero attached hydrogens (tertiary/aromatic N) is 2. The third-order valence-corrected chi connectivity index (χ3v) is 11.4. The van der Waals surface area contributed by atoms with Crippen LogP contribution in [0.15, 0.2) is 97.1 Å². The predicted octanol–water partition coefficient (Wildman–Crippen LogP) is 4.50. The molecule has 278 valence electrons. The van der Waals surface area contributed by atoms with Gasteiger partial charge in [-0.2, -0.15) is 0 Å². The number of likely N-dealkylation sites (tertiary alicyclic amines) is 1. The maximum atomic E-state index is 15.1. The second kappa shape index (κ2) is 15.3. The Morgan fingerprint density at radius 1 is 0.981 bits per heavy atom. The van der Waals surface area contributed by atoms with Gasteiger partial charge in [0.15, 0.2) is 0 Å². The molecule has 0 radical (unpaired) electrons. The molecule has 0 saturated carbocycles. The summed E-state index contributed by atoms with van der Waals surface area (Å²) < 4.78 is 18.8. The number of aliphatic hydroxyl groups is 1. The van der Waals surface area contributed by atoms with Crippen LogP contribution in [-0.2, 0) is 33.4 Å². The Hall–Kier alpha value is -4.84. The van der Waals surface area contributed by atoms with Crippen LogP contribution in [-0.4, -0.2) is 90.4 Å². The number of methoxy groups -OCH3 is 1. The molecule has 7 rings (SSSR count). The molecule has 0 bridgehead atoms. The molecule has 0 unspecified atom stereocenters. The lowest BCUT2D eigenvalue weighted by molar-refractivity contribution is -0.163. The fourth-order valence-electron chi connectivity index (χ4n) is 8.58. The van der Waals surface area contributed by atoms with E-state index < -0.39 is 59.6 Å². The molecule has 2 saturated heterocycles. The molecule has 11 nitrogen and oxygen atoms in total. The number of carbonyl (C=O) groups is 4. The van der Waals surface area contributed by atoms with E-state index in [-0.39, 0.29) is 43.9 Å². The second-order valence-corrected chi connectivity index (χ2v) is 14.5. The summed E-state index contributed by atoms with van der Waals surface area (Å²) >= 11 is 0. The Balaban J connectivity index is 1.35. The van der Waals surface area contributed by atoms with Gasteiger partial charge in [0, 0.05) is 25.8 Å². The van der Waals surface area contributed by atoms with Crippen LogP contribution in [0.2, 0.25) is 0 Å². The molecule has 3 aromatic rings. The molecule has 11 heteroatoms. The minimum absolute atomic E-state index is 0.0656. The van der Waals surface area contributed by atoms with Gasteiger partial charge in [-0.15, -0.1) is 0 Å². The van der Waals surface area contributed by atoms with Crippen molar-refractivity contribution < 1.29 is 38.5 Å². The molecule has 4 heterocycles. The monoisotopic (exact) mass is 721 g/mol. The predicted molar refractivity (Wildman–Crippen MR) is 198 cm³/mol. The van der Waals surface area contributed by atoms with Crippen LogP contribution < -0.4 is 10.2 Å². The summed E-state index contributed by atoms with van der Waals surface area (Å²) in [5.41, 5.74) is -0.251. The minimum Gasteiger partial charge on any atom is -0.455 e. The number of benzene rings is 3. The zero-order valence-corrected chi connectivity index (χ0v) is 30.3. The number of aliphatic hydroxyl groups excluding tert-OH is 1. The van der Waals surface area contributed by atoms with Crippen molar-refractivity contribution >= 4 is 40.2 Å². The summed E-state index contributed by atoms with van der Waals surface area (Å²) in [4.78, 5) is 61.2. The lowest BCUT2D eigenvalue weighted by Crippen LogP contribution is -2.59. The van der Waals surface area contributed by atoms with Crippen molar-refractivity contribution in [3.8, 4) is 0 Å². The molecular formula is C42H47N3O8. The van der Waals surface area contributed by atoms with Crippen LogP contribution in [0.4, 0.5) is 5.69 Å². The molecule has 1 spiro atoms. The summed E-state index contributed by atoms with van der Waals surface area (Å²) in [6.45, 7) is 3.81. The molecule has 0 aliphatic carbocycles. The number of fused-ring (bicyclic) bond motifs is 3. The van der Waals surface area contributed by atoms with E-state index in [1.54, 1.807) is 23.1 Å². The van der Waals surface area contributed by atoms with E-state index in [4.69, 9.17) is 14.2 Å². The summed E-state index contributed by atoms with van der Waals surface area (Å²) in [7, 11) is 1.51. The molecule has 53 heavy (non-hydrogen) atoms. The molecule has 0 aromatic heterocycles. The molecule has 3 aromatic carbocycles. The second-order valence-electron chi connectivity index (χ2n) is 14.5. The molecule has 2 fully saturated rings. The first-order chi connectivity index (χ1) is 25.7. The van der Waals surface area contributed by atoms with Gasteiger partial charge in [-0.05, 0) is 40.8 Å². The topological polar surface area (TPSA) is 135 Å². The summed E-state index contributed by atoms with van der Waals surface area (Å²) in [5, 5.41) is 15.8. The number of hydrogen-bond donors (Lipinski definition) is 2. The van der Waals surface area contributed by atoms with E-state index >= 15 is 9.59 Å².